The fraction of sp³-hybridized carbons (Fsp3) is 0.133. The molecule has 0 spiro atoms. The van der Waals surface area contributed by atoms with Gasteiger partial charge in [0.2, 0.25) is 0 Å². The molecule has 0 aliphatic heterocycles. The molecular formula is C15H13F2NO3. The summed E-state index contributed by atoms with van der Waals surface area (Å²) in [6.45, 7) is 0. The molecule has 21 heavy (non-hydrogen) atoms. The van der Waals surface area contributed by atoms with Crippen LogP contribution in [-0.4, -0.2) is 20.0 Å². The van der Waals surface area contributed by atoms with Gasteiger partial charge in [-0.2, -0.15) is 0 Å². The minimum absolute atomic E-state index is 0.00330. The van der Waals surface area contributed by atoms with E-state index in [0.717, 1.165) is 12.1 Å². The van der Waals surface area contributed by atoms with E-state index in [1.54, 1.807) is 0 Å². The Morgan fingerprint density at radius 1 is 1.05 bits per heavy atom. The van der Waals surface area contributed by atoms with Gasteiger partial charge in [0.05, 0.1) is 25.5 Å². The number of nitrogen functional groups attached to an aromatic ring is 1. The van der Waals surface area contributed by atoms with Gasteiger partial charge >= 0.3 is 0 Å². The number of methoxy groups -OCH3 is 2. The highest BCUT2D eigenvalue weighted by Gasteiger charge is 2.21. The molecule has 0 fully saturated rings. The van der Waals surface area contributed by atoms with Crippen molar-refractivity contribution in [2.75, 3.05) is 20.0 Å². The van der Waals surface area contributed by atoms with Crippen LogP contribution in [0.25, 0.3) is 0 Å². The van der Waals surface area contributed by atoms with Crippen molar-refractivity contribution < 1.29 is 23.0 Å². The van der Waals surface area contributed by atoms with Crippen LogP contribution in [0, 0.1) is 11.6 Å². The van der Waals surface area contributed by atoms with Crippen LogP contribution in [0.2, 0.25) is 0 Å². The summed E-state index contributed by atoms with van der Waals surface area (Å²) in [5.74, 6) is -2.53. The Kier molecular flexibility index (Phi) is 4.07. The van der Waals surface area contributed by atoms with Crippen molar-refractivity contribution in [2.45, 2.75) is 0 Å². The lowest BCUT2D eigenvalue weighted by Gasteiger charge is -2.09. The summed E-state index contributed by atoms with van der Waals surface area (Å²) in [5, 5.41) is 0. The number of benzene rings is 2. The molecule has 0 atom stereocenters. The van der Waals surface area contributed by atoms with E-state index in [-0.39, 0.29) is 17.1 Å². The van der Waals surface area contributed by atoms with Crippen molar-refractivity contribution in [2.24, 2.45) is 0 Å². The molecule has 0 heterocycles. The van der Waals surface area contributed by atoms with Crippen LogP contribution in [0.3, 0.4) is 0 Å². The number of carbonyl (C=O) groups excluding carboxylic acids is 1. The zero-order chi connectivity index (χ0) is 15.6. The molecule has 0 radical (unpaired) electrons. The standard InChI is InChI=1S/C15H13F2NO3/c1-20-9-6-10(16)14(11(17)7-9)15(19)8-3-4-12(18)13(5-8)21-2/h3-7H,18H2,1-2H3. The van der Waals surface area contributed by atoms with Crippen LogP contribution in [0.5, 0.6) is 11.5 Å². The number of ketones is 1. The number of anilines is 1. The molecule has 0 amide bonds. The first kappa shape index (κ1) is 14.8. The number of hydrogen-bond acceptors (Lipinski definition) is 4. The molecule has 0 bridgehead atoms. The quantitative estimate of drug-likeness (QED) is 0.695. The first-order valence-corrected chi connectivity index (χ1v) is 5.99. The van der Waals surface area contributed by atoms with Gasteiger partial charge in [-0.3, -0.25) is 4.79 Å². The van der Waals surface area contributed by atoms with Crippen molar-refractivity contribution in [1.29, 1.82) is 0 Å². The number of ether oxygens (including phenoxy) is 2. The van der Waals surface area contributed by atoms with Crippen molar-refractivity contribution in [3.8, 4) is 11.5 Å². The van der Waals surface area contributed by atoms with Crippen LogP contribution >= 0.6 is 0 Å². The van der Waals surface area contributed by atoms with Gasteiger partial charge in [0.25, 0.3) is 0 Å². The van der Waals surface area contributed by atoms with E-state index in [1.807, 2.05) is 0 Å². The molecule has 0 aliphatic rings. The maximum Gasteiger partial charge on any atom is 0.199 e. The molecule has 0 unspecified atom stereocenters. The lowest BCUT2D eigenvalue weighted by Crippen LogP contribution is -2.08. The fourth-order valence-corrected chi connectivity index (χ4v) is 1.88. The third kappa shape index (κ3) is 2.79. The topological polar surface area (TPSA) is 61.5 Å². The minimum atomic E-state index is -0.993. The maximum absolute atomic E-state index is 13.9. The molecule has 2 aromatic carbocycles. The third-order valence-electron chi connectivity index (χ3n) is 2.97. The van der Waals surface area contributed by atoms with Gasteiger partial charge in [-0.15, -0.1) is 0 Å². The Balaban J connectivity index is 2.50. The van der Waals surface area contributed by atoms with Crippen molar-refractivity contribution in [3.63, 3.8) is 0 Å². The van der Waals surface area contributed by atoms with E-state index in [9.17, 15) is 13.6 Å². The highest BCUT2D eigenvalue weighted by molar-refractivity contribution is 6.09. The second-order valence-electron chi connectivity index (χ2n) is 4.25. The SMILES string of the molecule is COc1cc(F)c(C(=O)c2ccc(N)c(OC)c2)c(F)c1. The largest absolute Gasteiger partial charge is 0.497 e. The number of halogens is 2. The van der Waals surface area contributed by atoms with Gasteiger partial charge in [-0.05, 0) is 18.2 Å². The molecule has 6 heteroatoms. The first-order valence-electron chi connectivity index (χ1n) is 5.99. The normalized spacial score (nSPS) is 10.3. The van der Waals surface area contributed by atoms with Gasteiger partial charge < -0.3 is 15.2 Å². The van der Waals surface area contributed by atoms with Crippen molar-refractivity contribution in [1.82, 2.24) is 0 Å². The maximum atomic E-state index is 13.9. The van der Waals surface area contributed by atoms with E-state index in [0.29, 0.717) is 5.69 Å². The lowest BCUT2D eigenvalue weighted by molar-refractivity contribution is 0.103. The highest BCUT2D eigenvalue weighted by atomic mass is 19.1. The van der Waals surface area contributed by atoms with Crippen molar-refractivity contribution >= 4 is 11.5 Å². The average Bonchev–Trinajstić information content (AvgIpc) is 2.46. The second kappa shape index (κ2) is 5.78. The third-order valence-corrected chi connectivity index (χ3v) is 2.97. The van der Waals surface area contributed by atoms with Crippen LogP contribution in [0.15, 0.2) is 30.3 Å². The molecule has 0 aromatic heterocycles. The van der Waals surface area contributed by atoms with E-state index in [1.165, 1.54) is 32.4 Å². The van der Waals surface area contributed by atoms with Gasteiger partial charge in [0, 0.05) is 17.7 Å². The number of nitrogens with two attached hydrogens (primary N) is 1. The first-order chi connectivity index (χ1) is 9.97. The van der Waals surface area contributed by atoms with Crippen LogP contribution in [0.1, 0.15) is 15.9 Å². The summed E-state index contributed by atoms with van der Waals surface area (Å²) < 4.78 is 37.5. The Bertz CT molecular complexity index is 678. The van der Waals surface area contributed by atoms with E-state index >= 15 is 0 Å². The molecule has 0 saturated heterocycles. The Hall–Kier alpha value is -2.63. The zero-order valence-electron chi connectivity index (χ0n) is 11.4. The molecule has 0 aliphatic carbocycles. The van der Waals surface area contributed by atoms with Crippen LogP contribution < -0.4 is 15.2 Å². The smallest absolute Gasteiger partial charge is 0.199 e. The average molecular weight is 293 g/mol. The number of hydrogen-bond donors (Lipinski definition) is 1. The summed E-state index contributed by atoms with van der Waals surface area (Å²) in [7, 11) is 2.66. The predicted molar refractivity (Wildman–Crippen MR) is 73.7 cm³/mol. The Morgan fingerprint density at radius 2 is 1.67 bits per heavy atom. The molecular weight excluding hydrogens is 280 g/mol. The van der Waals surface area contributed by atoms with Crippen LogP contribution in [0.4, 0.5) is 14.5 Å². The minimum Gasteiger partial charge on any atom is -0.497 e. The van der Waals surface area contributed by atoms with Gasteiger partial charge in [-0.25, -0.2) is 8.78 Å². The van der Waals surface area contributed by atoms with E-state index in [2.05, 4.69) is 0 Å². The molecule has 110 valence electrons. The zero-order valence-corrected chi connectivity index (χ0v) is 11.4. The Morgan fingerprint density at radius 3 is 2.19 bits per heavy atom. The monoisotopic (exact) mass is 293 g/mol. The lowest BCUT2D eigenvalue weighted by atomic mass is 10.0. The molecule has 4 nitrogen and oxygen atoms in total. The summed E-state index contributed by atoms with van der Waals surface area (Å²) in [4.78, 5) is 12.2. The van der Waals surface area contributed by atoms with Crippen molar-refractivity contribution in [3.05, 3.63) is 53.1 Å². The van der Waals surface area contributed by atoms with E-state index < -0.39 is 23.0 Å². The molecule has 2 N–H and O–H groups in total. The number of carbonyl (C=O) groups is 1. The molecule has 2 aromatic rings. The summed E-state index contributed by atoms with van der Waals surface area (Å²) in [5.41, 5.74) is 5.38. The summed E-state index contributed by atoms with van der Waals surface area (Å²) in [6.07, 6.45) is 0. The predicted octanol–water partition coefficient (Wildman–Crippen LogP) is 2.80. The Labute approximate surface area is 120 Å². The van der Waals surface area contributed by atoms with Gasteiger partial charge in [0.1, 0.15) is 23.1 Å². The number of rotatable bonds is 4. The molecule has 0 saturated carbocycles. The highest BCUT2D eigenvalue weighted by Crippen LogP contribution is 2.27. The summed E-state index contributed by atoms with van der Waals surface area (Å²) in [6, 6.07) is 6.05. The van der Waals surface area contributed by atoms with Crippen LogP contribution in [-0.2, 0) is 0 Å². The fourth-order valence-electron chi connectivity index (χ4n) is 1.88. The second-order valence-corrected chi connectivity index (χ2v) is 4.25. The van der Waals surface area contributed by atoms with Gasteiger partial charge in [-0.1, -0.05) is 0 Å². The van der Waals surface area contributed by atoms with Gasteiger partial charge in [0.15, 0.2) is 5.78 Å². The molecule has 2 rings (SSSR count). The summed E-state index contributed by atoms with van der Waals surface area (Å²) >= 11 is 0. The van der Waals surface area contributed by atoms with E-state index in [4.69, 9.17) is 15.2 Å².